The van der Waals surface area contributed by atoms with Crippen LogP contribution in [0.4, 0.5) is 13.2 Å². The first-order chi connectivity index (χ1) is 15.2. The van der Waals surface area contributed by atoms with Gasteiger partial charge in [0, 0.05) is 12.1 Å². The van der Waals surface area contributed by atoms with Gasteiger partial charge in [-0.05, 0) is 41.3 Å². The minimum atomic E-state index is -4.45. The Labute approximate surface area is 189 Å². The van der Waals surface area contributed by atoms with Crippen LogP contribution in [0.5, 0.6) is 0 Å². The predicted octanol–water partition coefficient (Wildman–Crippen LogP) is 5.53. The Hall–Kier alpha value is -2.69. The van der Waals surface area contributed by atoms with E-state index >= 15 is 0 Å². The number of carbonyl (C=O) groups excluding carboxylic acids is 1. The monoisotopic (exact) mass is 472 g/mol. The lowest BCUT2D eigenvalue weighted by Gasteiger charge is -2.45. The number of hydrogen-bond donors (Lipinski definition) is 0. The van der Waals surface area contributed by atoms with Gasteiger partial charge in [0.05, 0.1) is 10.7 Å². The molecule has 1 heterocycles. The molecule has 32 heavy (non-hydrogen) atoms. The van der Waals surface area contributed by atoms with E-state index in [2.05, 4.69) is 0 Å². The van der Waals surface area contributed by atoms with Gasteiger partial charge in [0.25, 0.3) is 0 Å². The van der Waals surface area contributed by atoms with Crippen LogP contribution in [0, 0.1) is 0 Å². The summed E-state index contributed by atoms with van der Waals surface area (Å²) in [5.74, 6) is -0.490. The molecular formula is C25H20F3O2PS. The first-order valence-electron chi connectivity index (χ1n) is 9.95. The number of hydrogen-bond acceptors (Lipinski definition) is 3. The van der Waals surface area contributed by atoms with Crippen molar-refractivity contribution in [2.75, 3.05) is 0 Å². The average Bonchev–Trinajstić information content (AvgIpc) is 3.25. The Kier molecular flexibility index (Phi) is 5.87. The van der Waals surface area contributed by atoms with Gasteiger partial charge < -0.3 is 4.74 Å². The summed E-state index contributed by atoms with van der Waals surface area (Å²) in [7, 11) is 0. The maximum Gasteiger partial charge on any atom is 0.416 e. The molecular weight excluding hydrogens is 452 g/mol. The van der Waals surface area contributed by atoms with Gasteiger partial charge >= 0.3 is 12.1 Å². The van der Waals surface area contributed by atoms with Gasteiger partial charge in [0.2, 0.25) is 0 Å². The van der Waals surface area contributed by atoms with Crippen LogP contribution in [0.1, 0.15) is 18.1 Å². The smallest absolute Gasteiger partial charge is 0.416 e. The van der Waals surface area contributed by atoms with Crippen LogP contribution in [0.15, 0.2) is 97.1 Å². The molecule has 0 N–H and O–H groups in total. The van der Waals surface area contributed by atoms with Gasteiger partial charge in [-0.2, -0.15) is 13.2 Å². The Morgan fingerprint density at radius 2 is 1.28 bits per heavy atom. The first kappa shape index (κ1) is 22.5. The Morgan fingerprint density at radius 1 is 0.812 bits per heavy atom. The molecule has 0 aromatic heterocycles. The third-order valence-electron chi connectivity index (χ3n) is 5.89. The number of carbonyl (C=O) groups is 1. The van der Waals surface area contributed by atoms with Gasteiger partial charge in [-0.15, -0.1) is 0 Å². The summed E-state index contributed by atoms with van der Waals surface area (Å²) in [6, 6.07) is 21.4. The fourth-order valence-electron chi connectivity index (χ4n) is 4.15. The van der Waals surface area contributed by atoms with Crippen molar-refractivity contribution in [2.24, 2.45) is 0 Å². The predicted molar refractivity (Wildman–Crippen MR) is 124 cm³/mol. The molecule has 0 saturated carbocycles. The minimum absolute atomic E-state index is 0.490. The van der Waals surface area contributed by atoms with Crippen molar-refractivity contribution < 1.29 is 22.7 Å². The van der Waals surface area contributed by atoms with E-state index in [1.165, 1.54) is 18.2 Å². The molecule has 0 aliphatic carbocycles. The van der Waals surface area contributed by atoms with E-state index in [4.69, 9.17) is 16.5 Å². The molecule has 4 rings (SSSR count). The van der Waals surface area contributed by atoms with Gasteiger partial charge in [0.15, 0.2) is 0 Å². The third-order valence-corrected chi connectivity index (χ3v) is 12.2. The number of rotatable bonds is 5. The van der Waals surface area contributed by atoms with Crippen molar-refractivity contribution in [2.45, 2.75) is 24.4 Å². The van der Waals surface area contributed by atoms with Gasteiger partial charge in [-0.3, -0.25) is 0 Å². The number of esters is 1. The summed E-state index contributed by atoms with van der Waals surface area (Å²) in [6.45, 7) is 1.89. The van der Waals surface area contributed by atoms with Crippen LogP contribution in [0.2, 0.25) is 0 Å². The van der Waals surface area contributed by atoms with Crippen molar-refractivity contribution in [3.63, 3.8) is 0 Å². The second kappa shape index (κ2) is 8.34. The highest BCUT2D eigenvalue weighted by atomic mass is 32.4. The molecule has 1 aliphatic heterocycles. The van der Waals surface area contributed by atoms with Crippen LogP contribution in [0.3, 0.4) is 0 Å². The summed E-state index contributed by atoms with van der Waals surface area (Å²) in [5.41, 5.74) is -0.152. The van der Waals surface area contributed by atoms with Crippen molar-refractivity contribution in [3.05, 3.63) is 108 Å². The van der Waals surface area contributed by atoms with Gasteiger partial charge in [0.1, 0.15) is 6.10 Å². The lowest BCUT2D eigenvalue weighted by Crippen LogP contribution is -2.42. The Bertz CT molecular complexity index is 1150. The Morgan fingerprint density at radius 3 is 1.69 bits per heavy atom. The van der Waals surface area contributed by atoms with Crippen LogP contribution in [-0.4, -0.2) is 12.1 Å². The minimum Gasteiger partial charge on any atom is -0.454 e. The highest BCUT2D eigenvalue weighted by Crippen LogP contribution is 2.64. The van der Waals surface area contributed by atoms with E-state index in [0.29, 0.717) is 5.56 Å². The third kappa shape index (κ3) is 3.72. The quantitative estimate of drug-likeness (QED) is 0.361. The number of benzene rings is 3. The van der Waals surface area contributed by atoms with Crippen LogP contribution >= 0.6 is 6.04 Å². The van der Waals surface area contributed by atoms with E-state index in [9.17, 15) is 18.0 Å². The van der Waals surface area contributed by atoms with E-state index in [1.807, 2.05) is 67.6 Å². The molecule has 3 aromatic carbocycles. The molecule has 164 valence electrons. The molecule has 2 atom stereocenters. The summed E-state index contributed by atoms with van der Waals surface area (Å²) < 4.78 is 45.4. The zero-order chi connectivity index (χ0) is 23.0. The number of ether oxygens (including phenoxy) is 1. The highest BCUT2D eigenvalue weighted by Gasteiger charge is 2.51. The van der Waals surface area contributed by atoms with E-state index < -0.39 is 35.0 Å². The normalized spacial score (nSPS) is 18.2. The van der Waals surface area contributed by atoms with Gasteiger partial charge in [-0.25, -0.2) is 4.79 Å². The second-order valence-corrected chi connectivity index (χ2v) is 12.5. The van der Waals surface area contributed by atoms with Crippen LogP contribution < -0.4 is 10.6 Å². The summed E-state index contributed by atoms with van der Waals surface area (Å²) in [5, 5.41) is 0.789. The first-order valence-corrected chi connectivity index (χ1v) is 12.8. The van der Waals surface area contributed by atoms with Crippen molar-refractivity contribution in [1.29, 1.82) is 0 Å². The number of halogens is 3. The maximum absolute atomic E-state index is 13.2. The van der Waals surface area contributed by atoms with Crippen LogP contribution in [-0.2, 0) is 32.7 Å². The van der Waals surface area contributed by atoms with E-state index in [-0.39, 0.29) is 0 Å². The molecule has 0 saturated heterocycles. The zero-order valence-corrected chi connectivity index (χ0v) is 18.8. The van der Waals surface area contributed by atoms with E-state index in [0.717, 1.165) is 22.7 Å². The van der Waals surface area contributed by atoms with Crippen molar-refractivity contribution in [3.8, 4) is 0 Å². The SMILES string of the molecule is CC(c1ccc(C(F)(F)F)cc1)(C1C=CC(=O)O1)P(=S)(c1ccccc1)c1ccccc1. The molecule has 7 heteroatoms. The largest absolute Gasteiger partial charge is 0.454 e. The molecule has 2 unspecified atom stereocenters. The fourth-order valence-corrected chi connectivity index (χ4v) is 9.08. The highest BCUT2D eigenvalue weighted by molar-refractivity contribution is 8.22. The topological polar surface area (TPSA) is 26.3 Å². The molecule has 0 spiro atoms. The van der Waals surface area contributed by atoms with Gasteiger partial charge in [-0.1, -0.05) is 84.6 Å². The summed E-state index contributed by atoms with van der Waals surface area (Å²) in [4.78, 5) is 12.0. The fraction of sp³-hybridized carbons (Fsp3) is 0.160. The lowest BCUT2D eigenvalue weighted by atomic mass is 9.93. The van der Waals surface area contributed by atoms with Crippen molar-refractivity contribution >= 4 is 34.4 Å². The lowest BCUT2D eigenvalue weighted by molar-refractivity contribution is -0.139. The molecule has 2 nitrogen and oxygen atoms in total. The average molecular weight is 472 g/mol. The molecule has 0 fully saturated rings. The summed E-state index contributed by atoms with van der Waals surface area (Å²) in [6.07, 6.45) is -2.17. The Balaban J connectivity index is 2.01. The summed E-state index contributed by atoms with van der Waals surface area (Å²) >= 11 is 6.50. The molecule has 3 aromatic rings. The molecule has 1 aliphatic rings. The standard InChI is InChI=1S/C25H20F3O2PS/c1-24(22-16-17-23(29)30-22,18-12-14-19(15-13-18)25(26,27)28)31(32,20-8-4-2-5-9-20)21-10-6-3-7-11-21/h2-17,22H,1H3. The van der Waals surface area contributed by atoms with E-state index in [1.54, 1.807) is 6.08 Å². The molecule has 0 bridgehead atoms. The molecule has 0 amide bonds. The van der Waals surface area contributed by atoms with Crippen molar-refractivity contribution in [1.82, 2.24) is 0 Å². The maximum atomic E-state index is 13.2. The number of alkyl halides is 3. The molecule has 0 radical (unpaired) electrons. The number of cyclic esters (lactones) is 1. The van der Waals surface area contributed by atoms with Crippen LogP contribution in [0.25, 0.3) is 0 Å². The zero-order valence-electron chi connectivity index (χ0n) is 17.1. The second-order valence-electron chi connectivity index (χ2n) is 7.72.